The van der Waals surface area contributed by atoms with Gasteiger partial charge in [-0.15, -0.1) is 0 Å². The highest BCUT2D eigenvalue weighted by atomic mass is 16.5. The Bertz CT molecular complexity index is 1260. The Morgan fingerprint density at radius 1 is 0.750 bits per heavy atom. The summed E-state index contributed by atoms with van der Waals surface area (Å²) in [6.07, 6.45) is 0. The molecule has 138 valence electrons. The minimum Gasteiger partial charge on any atom is -0.457 e. The SMILES string of the molecule is O=C(Nc1ccc(Oc2ccccc2)cc1)c1ccc2[nH]c(=O)c(=O)[nH]c2c1. The number of para-hydroxylation sites is 1. The van der Waals surface area contributed by atoms with Crippen molar-refractivity contribution >= 4 is 22.6 Å². The molecule has 0 aliphatic heterocycles. The van der Waals surface area contributed by atoms with Gasteiger partial charge in [0.05, 0.1) is 11.0 Å². The van der Waals surface area contributed by atoms with Crippen LogP contribution in [0.4, 0.5) is 5.69 Å². The molecule has 28 heavy (non-hydrogen) atoms. The molecule has 0 fully saturated rings. The highest BCUT2D eigenvalue weighted by Gasteiger charge is 2.09. The first-order valence-electron chi connectivity index (χ1n) is 8.49. The van der Waals surface area contributed by atoms with Gasteiger partial charge in [0.2, 0.25) is 0 Å². The maximum Gasteiger partial charge on any atom is 0.314 e. The molecule has 0 aliphatic carbocycles. The predicted molar refractivity (Wildman–Crippen MR) is 106 cm³/mol. The second-order valence-electron chi connectivity index (χ2n) is 6.06. The number of ether oxygens (including phenoxy) is 1. The van der Waals surface area contributed by atoms with Crippen molar-refractivity contribution < 1.29 is 9.53 Å². The van der Waals surface area contributed by atoms with Gasteiger partial charge in [0.15, 0.2) is 0 Å². The first-order valence-corrected chi connectivity index (χ1v) is 8.49. The molecule has 7 nitrogen and oxygen atoms in total. The van der Waals surface area contributed by atoms with Crippen molar-refractivity contribution in [3.63, 3.8) is 0 Å². The van der Waals surface area contributed by atoms with Crippen LogP contribution in [0.1, 0.15) is 10.4 Å². The van der Waals surface area contributed by atoms with Crippen LogP contribution in [0, 0.1) is 0 Å². The van der Waals surface area contributed by atoms with Gasteiger partial charge in [0.1, 0.15) is 11.5 Å². The molecule has 0 unspecified atom stereocenters. The zero-order valence-corrected chi connectivity index (χ0v) is 14.6. The number of H-pyrrole nitrogens is 2. The molecular weight excluding hydrogens is 358 g/mol. The maximum absolute atomic E-state index is 12.5. The summed E-state index contributed by atoms with van der Waals surface area (Å²) in [5.74, 6) is 1.03. The molecule has 0 atom stereocenters. The van der Waals surface area contributed by atoms with Gasteiger partial charge in [0, 0.05) is 11.3 Å². The molecule has 1 aromatic heterocycles. The normalized spacial score (nSPS) is 10.6. The van der Waals surface area contributed by atoms with E-state index in [4.69, 9.17) is 4.74 Å². The molecule has 0 radical (unpaired) electrons. The van der Waals surface area contributed by atoms with E-state index < -0.39 is 11.1 Å². The zero-order chi connectivity index (χ0) is 19.5. The number of hydrogen-bond acceptors (Lipinski definition) is 4. The third kappa shape index (κ3) is 3.68. The predicted octanol–water partition coefficient (Wildman–Crippen LogP) is 3.26. The van der Waals surface area contributed by atoms with E-state index in [9.17, 15) is 14.4 Å². The Morgan fingerprint density at radius 2 is 1.39 bits per heavy atom. The number of aromatic nitrogens is 2. The van der Waals surface area contributed by atoms with Crippen molar-refractivity contribution in [2.24, 2.45) is 0 Å². The van der Waals surface area contributed by atoms with Gasteiger partial charge in [-0.2, -0.15) is 0 Å². The Balaban J connectivity index is 1.50. The molecular formula is C21H15N3O4. The largest absolute Gasteiger partial charge is 0.457 e. The Morgan fingerprint density at radius 3 is 2.11 bits per heavy atom. The van der Waals surface area contributed by atoms with Crippen LogP contribution >= 0.6 is 0 Å². The van der Waals surface area contributed by atoms with Crippen LogP contribution in [0.25, 0.3) is 11.0 Å². The fourth-order valence-corrected chi connectivity index (χ4v) is 2.69. The average Bonchev–Trinajstić information content (AvgIpc) is 2.71. The summed E-state index contributed by atoms with van der Waals surface area (Å²) in [6, 6.07) is 21.0. The quantitative estimate of drug-likeness (QED) is 0.478. The number of benzene rings is 3. The molecule has 1 heterocycles. The number of nitrogens with one attached hydrogen (secondary N) is 3. The van der Waals surface area contributed by atoms with E-state index in [0.29, 0.717) is 28.0 Å². The number of carbonyl (C=O) groups excluding carboxylic acids is 1. The fraction of sp³-hybridized carbons (Fsp3) is 0. The molecule has 0 saturated carbocycles. The van der Waals surface area contributed by atoms with E-state index in [-0.39, 0.29) is 5.91 Å². The van der Waals surface area contributed by atoms with Gasteiger partial charge in [-0.05, 0) is 54.6 Å². The second kappa shape index (κ2) is 7.24. The summed E-state index contributed by atoms with van der Waals surface area (Å²) >= 11 is 0. The summed E-state index contributed by atoms with van der Waals surface area (Å²) in [5, 5.41) is 2.78. The second-order valence-corrected chi connectivity index (χ2v) is 6.06. The number of aromatic amines is 2. The lowest BCUT2D eigenvalue weighted by atomic mass is 10.1. The minimum atomic E-state index is -0.765. The van der Waals surface area contributed by atoms with Crippen molar-refractivity contribution in [1.29, 1.82) is 0 Å². The fourth-order valence-electron chi connectivity index (χ4n) is 2.69. The smallest absolute Gasteiger partial charge is 0.314 e. The van der Waals surface area contributed by atoms with E-state index in [0.717, 1.165) is 5.75 Å². The highest BCUT2D eigenvalue weighted by molar-refractivity contribution is 6.05. The molecule has 7 heteroatoms. The van der Waals surface area contributed by atoms with E-state index in [1.165, 1.54) is 6.07 Å². The van der Waals surface area contributed by atoms with Crippen LogP contribution in [0.3, 0.4) is 0 Å². The topological polar surface area (TPSA) is 104 Å². The van der Waals surface area contributed by atoms with Gasteiger partial charge in [-0.25, -0.2) is 0 Å². The van der Waals surface area contributed by atoms with Crippen LogP contribution in [0.5, 0.6) is 11.5 Å². The molecule has 3 N–H and O–H groups in total. The van der Waals surface area contributed by atoms with Crippen LogP contribution in [-0.2, 0) is 0 Å². The molecule has 1 amide bonds. The summed E-state index contributed by atoms with van der Waals surface area (Å²) in [5.41, 5.74) is 0.272. The zero-order valence-electron chi connectivity index (χ0n) is 14.6. The monoisotopic (exact) mass is 373 g/mol. The molecule has 0 aliphatic rings. The molecule has 0 saturated heterocycles. The van der Waals surface area contributed by atoms with Crippen LogP contribution in [-0.4, -0.2) is 15.9 Å². The summed E-state index contributed by atoms with van der Waals surface area (Å²) in [6.45, 7) is 0. The molecule has 0 spiro atoms. The van der Waals surface area contributed by atoms with Crippen molar-refractivity contribution in [1.82, 2.24) is 9.97 Å². The van der Waals surface area contributed by atoms with Crippen LogP contribution in [0.2, 0.25) is 0 Å². The van der Waals surface area contributed by atoms with Gasteiger partial charge in [0.25, 0.3) is 5.91 Å². The number of rotatable bonds is 4. The summed E-state index contributed by atoms with van der Waals surface area (Å²) in [7, 11) is 0. The first kappa shape index (κ1) is 17.3. The minimum absolute atomic E-state index is 0.342. The van der Waals surface area contributed by atoms with Crippen LogP contribution in [0.15, 0.2) is 82.4 Å². The van der Waals surface area contributed by atoms with Crippen LogP contribution < -0.4 is 21.2 Å². The van der Waals surface area contributed by atoms with Crippen molar-refractivity contribution in [2.75, 3.05) is 5.32 Å². The van der Waals surface area contributed by atoms with Crippen molar-refractivity contribution in [3.05, 3.63) is 99.1 Å². The van der Waals surface area contributed by atoms with Gasteiger partial charge in [-0.1, -0.05) is 18.2 Å². The Kier molecular flexibility index (Phi) is 4.47. The number of amides is 1. The Labute approximate surface area is 158 Å². The number of carbonyl (C=O) groups is 1. The van der Waals surface area contributed by atoms with Gasteiger partial charge in [-0.3, -0.25) is 14.4 Å². The summed E-state index contributed by atoms with van der Waals surface area (Å²) < 4.78 is 5.72. The lowest BCUT2D eigenvalue weighted by Gasteiger charge is -2.08. The lowest BCUT2D eigenvalue weighted by Crippen LogP contribution is -2.29. The molecule has 4 rings (SSSR count). The van der Waals surface area contributed by atoms with E-state index in [1.54, 1.807) is 36.4 Å². The molecule has 3 aromatic carbocycles. The first-order chi connectivity index (χ1) is 13.6. The number of hydrogen-bond donors (Lipinski definition) is 3. The van der Waals surface area contributed by atoms with E-state index in [1.807, 2.05) is 30.3 Å². The standard InChI is InChI=1S/C21H15N3O4/c25-19(13-6-11-17-18(12-13)24-21(27)20(26)23-17)22-14-7-9-16(10-8-14)28-15-4-2-1-3-5-15/h1-12H,(H,22,25)(H,23,26)(H,24,27). The molecule has 4 aromatic rings. The number of fused-ring (bicyclic) bond motifs is 1. The Hall–Kier alpha value is -4.13. The van der Waals surface area contributed by atoms with Gasteiger partial charge < -0.3 is 20.0 Å². The van der Waals surface area contributed by atoms with Crippen molar-refractivity contribution in [2.45, 2.75) is 0 Å². The highest BCUT2D eigenvalue weighted by Crippen LogP contribution is 2.23. The number of anilines is 1. The van der Waals surface area contributed by atoms with Gasteiger partial charge >= 0.3 is 11.1 Å². The average molecular weight is 373 g/mol. The third-order valence-corrected chi connectivity index (χ3v) is 4.08. The van der Waals surface area contributed by atoms with E-state index in [2.05, 4.69) is 15.3 Å². The lowest BCUT2D eigenvalue weighted by molar-refractivity contribution is 0.102. The molecule has 0 bridgehead atoms. The third-order valence-electron chi connectivity index (χ3n) is 4.08. The van der Waals surface area contributed by atoms with Crippen molar-refractivity contribution in [3.8, 4) is 11.5 Å². The summed E-state index contributed by atoms with van der Waals surface area (Å²) in [4.78, 5) is 40.2. The van der Waals surface area contributed by atoms with E-state index >= 15 is 0 Å². The maximum atomic E-state index is 12.5.